The number of amides is 4. The lowest BCUT2D eigenvalue weighted by Gasteiger charge is -2.28. The van der Waals surface area contributed by atoms with Gasteiger partial charge in [-0.25, -0.2) is 13.2 Å². The highest BCUT2D eigenvalue weighted by Gasteiger charge is 2.32. The smallest absolute Gasteiger partial charge is 0.408 e. The molecule has 0 spiro atoms. The average Bonchev–Trinajstić information content (AvgIpc) is 2.88. The van der Waals surface area contributed by atoms with E-state index in [2.05, 4.69) is 21.3 Å². The number of esters is 1. The molecule has 264 valence electrons. The fourth-order valence-electron chi connectivity index (χ4n) is 3.96. The third-order valence-electron chi connectivity index (χ3n) is 6.07. The van der Waals surface area contributed by atoms with Crippen LogP contribution in [0.4, 0.5) is 4.79 Å². The van der Waals surface area contributed by atoms with Gasteiger partial charge in [0, 0.05) is 18.1 Å². The Labute approximate surface area is 277 Å². The van der Waals surface area contributed by atoms with Crippen molar-refractivity contribution in [3.63, 3.8) is 0 Å². The summed E-state index contributed by atoms with van der Waals surface area (Å²) in [4.78, 5) is 64.8. The molecule has 0 aliphatic rings. The van der Waals surface area contributed by atoms with E-state index in [0.29, 0.717) is 5.56 Å². The Hall–Kier alpha value is -4.14. The van der Waals surface area contributed by atoms with Crippen LogP contribution in [0.25, 0.3) is 0 Å². The second-order valence-corrected chi connectivity index (χ2v) is 15.5. The molecule has 1 aromatic carbocycles. The molecule has 4 atom stereocenters. The van der Waals surface area contributed by atoms with Crippen molar-refractivity contribution in [3.05, 3.63) is 41.3 Å². The maximum Gasteiger partial charge on any atom is 0.408 e. The molecule has 0 aliphatic carbocycles. The lowest BCUT2D eigenvalue weighted by Crippen LogP contribution is -2.58. The first-order valence-corrected chi connectivity index (χ1v) is 17.1. The SMILES string of the molecule is CC(C)[C@H](NC(=O)[C@H](Cc1ccc(O)cc1)NC(=O)OC(C)(C)C)C(=O)N[C@@H](C)C(=O)NC(/C=C/S(C)(=O)=O)CC(=O)OC(C)(C)C. The van der Waals surface area contributed by atoms with Crippen LogP contribution in [0.1, 0.15) is 74.3 Å². The minimum atomic E-state index is -3.58. The maximum absolute atomic E-state index is 13.5. The molecule has 47 heavy (non-hydrogen) atoms. The summed E-state index contributed by atoms with van der Waals surface area (Å²) in [6.07, 6.45) is 0.897. The van der Waals surface area contributed by atoms with Crippen LogP contribution >= 0.6 is 0 Å². The summed E-state index contributed by atoms with van der Waals surface area (Å²) in [5, 5.41) is 20.7. The molecular formula is C32H50N4O10S. The standard InChI is InChI=1S/C32H50N4O10S/c1-19(2)26(36-28(40)24(35-30(42)46-32(7,8)9)17-21-11-13-23(37)14-12-21)29(41)33-20(3)27(39)34-22(15-16-47(10,43)44)18-25(38)45-31(4,5)6/h11-16,19-20,22,24,26,37H,17-18H2,1-10H3,(H,33,41)(H,34,39)(H,35,42)(H,36,40)/b16-15+/t20-,22?,24-,26-/m0/s1. The zero-order chi connectivity index (χ0) is 36.3. The van der Waals surface area contributed by atoms with Gasteiger partial charge in [-0.15, -0.1) is 0 Å². The summed E-state index contributed by atoms with van der Waals surface area (Å²) < 4.78 is 33.9. The van der Waals surface area contributed by atoms with Gasteiger partial charge in [0.05, 0.1) is 12.5 Å². The highest BCUT2D eigenvalue weighted by Crippen LogP contribution is 2.14. The quantitative estimate of drug-likeness (QED) is 0.181. The second-order valence-electron chi connectivity index (χ2n) is 13.6. The van der Waals surface area contributed by atoms with Gasteiger partial charge in [-0.2, -0.15) is 0 Å². The number of nitrogens with one attached hydrogen (secondary N) is 4. The molecule has 1 aromatic rings. The molecule has 1 rings (SSSR count). The van der Waals surface area contributed by atoms with Crippen molar-refractivity contribution in [2.45, 2.75) is 111 Å². The Bertz CT molecular complexity index is 1390. The first-order valence-electron chi connectivity index (χ1n) is 15.1. The predicted molar refractivity (Wildman–Crippen MR) is 176 cm³/mol. The number of ether oxygens (including phenoxy) is 2. The number of phenols is 1. The molecule has 0 fully saturated rings. The number of carbonyl (C=O) groups is 5. The fourth-order valence-corrected chi connectivity index (χ4v) is 4.43. The molecule has 1 unspecified atom stereocenters. The first-order chi connectivity index (χ1) is 21.3. The Morgan fingerprint density at radius 2 is 1.36 bits per heavy atom. The van der Waals surface area contributed by atoms with E-state index in [1.165, 1.54) is 19.1 Å². The summed E-state index contributed by atoms with van der Waals surface area (Å²) in [6, 6.07) is 1.50. The third kappa shape index (κ3) is 17.4. The van der Waals surface area contributed by atoms with Crippen LogP contribution in [-0.4, -0.2) is 84.9 Å². The molecule has 4 amide bonds. The van der Waals surface area contributed by atoms with Gasteiger partial charge in [-0.3, -0.25) is 19.2 Å². The summed E-state index contributed by atoms with van der Waals surface area (Å²) in [5.74, 6) is -3.24. The first kappa shape index (κ1) is 40.9. The normalized spacial score (nSPS) is 14.8. The van der Waals surface area contributed by atoms with Crippen molar-refractivity contribution >= 4 is 39.6 Å². The minimum absolute atomic E-state index is 0.0105. The number of hydrogen-bond acceptors (Lipinski definition) is 10. The molecule has 15 heteroatoms. The molecule has 0 bridgehead atoms. The van der Waals surface area contributed by atoms with Crippen molar-refractivity contribution in [2.24, 2.45) is 5.92 Å². The van der Waals surface area contributed by atoms with E-state index in [-0.39, 0.29) is 18.6 Å². The number of sulfone groups is 1. The van der Waals surface area contributed by atoms with Crippen LogP contribution in [0.2, 0.25) is 0 Å². The van der Waals surface area contributed by atoms with E-state index in [0.717, 1.165) is 17.7 Å². The second kappa shape index (κ2) is 17.1. The maximum atomic E-state index is 13.5. The Morgan fingerprint density at radius 1 is 0.809 bits per heavy atom. The number of carbonyl (C=O) groups excluding carboxylic acids is 5. The molecule has 0 saturated carbocycles. The van der Waals surface area contributed by atoms with Gasteiger partial charge >= 0.3 is 12.1 Å². The third-order valence-corrected chi connectivity index (χ3v) is 6.73. The van der Waals surface area contributed by atoms with E-state index in [9.17, 15) is 37.5 Å². The number of phenolic OH excluding ortho intramolecular Hbond substituents is 1. The molecule has 0 radical (unpaired) electrons. The van der Waals surface area contributed by atoms with Gasteiger partial charge in [0.25, 0.3) is 0 Å². The molecule has 14 nitrogen and oxygen atoms in total. The summed E-state index contributed by atoms with van der Waals surface area (Å²) >= 11 is 0. The fraction of sp³-hybridized carbons (Fsp3) is 0.594. The molecule has 0 aromatic heterocycles. The molecule has 0 aliphatic heterocycles. The van der Waals surface area contributed by atoms with Crippen LogP contribution in [0.15, 0.2) is 35.7 Å². The highest BCUT2D eigenvalue weighted by atomic mass is 32.2. The van der Waals surface area contributed by atoms with Crippen molar-refractivity contribution in [2.75, 3.05) is 6.26 Å². The van der Waals surface area contributed by atoms with Gasteiger partial charge < -0.3 is 35.8 Å². The van der Waals surface area contributed by atoms with Crippen LogP contribution < -0.4 is 21.3 Å². The lowest BCUT2D eigenvalue weighted by molar-refractivity contribution is -0.155. The van der Waals surface area contributed by atoms with Crippen molar-refractivity contribution in [3.8, 4) is 5.75 Å². The predicted octanol–water partition coefficient (Wildman–Crippen LogP) is 2.25. The van der Waals surface area contributed by atoms with Crippen molar-refractivity contribution < 1.29 is 47.0 Å². The zero-order valence-corrected chi connectivity index (χ0v) is 29.6. The number of rotatable bonds is 14. The number of alkyl carbamates (subject to hydrolysis) is 1. The summed E-state index contributed by atoms with van der Waals surface area (Å²) in [5.41, 5.74) is -1.04. The highest BCUT2D eigenvalue weighted by molar-refractivity contribution is 7.93. The van der Waals surface area contributed by atoms with E-state index in [1.54, 1.807) is 67.5 Å². The van der Waals surface area contributed by atoms with Crippen LogP contribution in [0, 0.1) is 5.92 Å². The zero-order valence-electron chi connectivity index (χ0n) is 28.8. The van der Waals surface area contributed by atoms with Gasteiger partial charge in [-0.05, 0) is 72.1 Å². The number of benzene rings is 1. The van der Waals surface area contributed by atoms with Gasteiger partial charge in [0.1, 0.15) is 35.1 Å². The summed E-state index contributed by atoms with van der Waals surface area (Å²) in [6.45, 7) is 14.7. The number of aromatic hydroxyl groups is 1. The van der Waals surface area contributed by atoms with E-state index in [4.69, 9.17) is 9.47 Å². The van der Waals surface area contributed by atoms with Crippen LogP contribution in [0.5, 0.6) is 5.75 Å². The monoisotopic (exact) mass is 682 g/mol. The van der Waals surface area contributed by atoms with E-state index < -0.39 is 80.9 Å². The van der Waals surface area contributed by atoms with Crippen molar-refractivity contribution in [1.29, 1.82) is 0 Å². The Balaban J connectivity index is 3.10. The number of hydrogen-bond donors (Lipinski definition) is 5. The van der Waals surface area contributed by atoms with E-state index in [1.807, 2.05) is 0 Å². The topological polar surface area (TPSA) is 206 Å². The van der Waals surface area contributed by atoms with Crippen molar-refractivity contribution in [1.82, 2.24) is 21.3 Å². The van der Waals surface area contributed by atoms with E-state index >= 15 is 0 Å². The molecule has 0 saturated heterocycles. The molecular weight excluding hydrogens is 632 g/mol. The van der Waals surface area contributed by atoms with Gasteiger partial charge in [0.15, 0.2) is 9.84 Å². The molecule has 0 heterocycles. The Kier molecular flexibility index (Phi) is 14.9. The van der Waals surface area contributed by atoms with Gasteiger partial charge in [0.2, 0.25) is 17.7 Å². The average molecular weight is 683 g/mol. The van der Waals surface area contributed by atoms with Gasteiger partial charge in [-0.1, -0.05) is 32.1 Å². The Morgan fingerprint density at radius 3 is 1.85 bits per heavy atom. The summed E-state index contributed by atoms with van der Waals surface area (Å²) in [7, 11) is -3.58. The minimum Gasteiger partial charge on any atom is -0.508 e. The van der Waals surface area contributed by atoms with Crippen LogP contribution in [-0.2, 0) is 44.9 Å². The van der Waals surface area contributed by atoms with Crippen LogP contribution in [0.3, 0.4) is 0 Å². The largest absolute Gasteiger partial charge is 0.508 e. The lowest BCUT2D eigenvalue weighted by atomic mass is 10.0. The molecule has 5 N–H and O–H groups in total.